The van der Waals surface area contributed by atoms with Gasteiger partial charge in [0.05, 0.1) is 6.07 Å². The van der Waals surface area contributed by atoms with Gasteiger partial charge in [0.25, 0.3) is 5.91 Å². The molecule has 1 rings (SSSR count). The third-order valence-corrected chi connectivity index (χ3v) is 1.77. The van der Waals surface area contributed by atoms with E-state index in [1.807, 2.05) is 0 Å². The Labute approximate surface area is 102 Å². The highest BCUT2D eigenvalue weighted by molar-refractivity contribution is 5.82. The highest BCUT2D eigenvalue weighted by Gasteiger charge is 2.09. The van der Waals surface area contributed by atoms with Crippen molar-refractivity contribution in [1.82, 2.24) is 5.43 Å². The molecule has 96 valence electrons. The number of nitrogens with zero attached hydrogens (tertiary/aromatic N) is 2. The molecule has 0 aliphatic rings. The zero-order chi connectivity index (χ0) is 13.5. The average molecular weight is 253 g/mol. The van der Waals surface area contributed by atoms with E-state index >= 15 is 0 Å². The van der Waals surface area contributed by atoms with Crippen molar-refractivity contribution in [1.29, 1.82) is 0 Å². The average Bonchev–Trinajstić information content (AvgIpc) is 2.77. The smallest absolute Gasteiger partial charge is 0.401 e. The summed E-state index contributed by atoms with van der Waals surface area (Å²) in [7, 11) is 0. The lowest BCUT2D eigenvalue weighted by Crippen LogP contribution is -2.28. The zero-order valence-corrected chi connectivity index (χ0v) is 9.44. The first-order valence-electron chi connectivity index (χ1n) is 4.92. The number of hydrazone groups is 1. The van der Waals surface area contributed by atoms with E-state index < -0.39 is 16.9 Å². The monoisotopic (exact) mass is 253 g/mol. The van der Waals surface area contributed by atoms with E-state index in [-0.39, 0.29) is 11.6 Å². The van der Waals surface area contributed by atoms with Crippen LogP contribution < -0.4 is 5.43 Å². The van der Waals surface area contributed by atoms with Crippen molar-refractivity contribution in [2.75, 3.05) is 0 Å². The second-order valence-corrected chi connectivity index (χ2v) is 3.22. The molecule has 1 unspecified atom stereocenters. The lowest BCUT2D eigenvalue weighted by Gasteiger charge is -1.99. The molecule has 0 saturated heterocycles. The number of nitrogens with one attached hydrogen (secondary N) is 1. The van der Waals surface area contributed by atoms with Crippen LogP contribution in [0.4, 0.5) is 5.88 Å². The van der Waals surface area contributed by atoms with Crippen molar-refractivity contribution in [2.45, 2.75) is 13.0 Å². The quantitative estimate of drug-likeness (QED) is 0.454. The Bertz CT molecular complexity index is 489. The van der Waals surface area contributed by atoms with Gasteiger partial charge in [-0.25, -0.2) is 5.43 Å². The Morgan fingerprint density at radius 1 is 1.67 bits per heavy atom. The molecule has 0 spiro atoms. The fourth-order valence-corrected chi connectivity index (χ4v) is 0.905. The third-order valence-electron chi connectivity index (χ3n) is 1.77. The van der Waals surface area contributed by atoms with Crippen molar-refractivity contribution in [2.24, 2.45) is 5.10 Å². The molecule has 0 radical (unpaired) electrons. The maximum Gasteiger partial charge on any atom is 0.433 e. The van der Waals surface area contributed by atoms with Gasteiger partial charge < -0.3 is 9.52 Å². The maximum absolute atomic E-state index is 10.9. The Morgan fingerprint density at radius 2 is 2.39 bits per heavy atom. The molecular formula is C10H11N3O5. The summed E-state index contributed by atoms with van der Waals surface area (Å²) in [5.74, 6) is -0.697. The van der Waals surface area contributed by atoms with Crippen LogP contribution in [0.25, 0.3) is 6.08 Å². The summed E-state index contributed by atoms with van der Waals surface area (Å²) in [6.45, 7) is 1.31. The number of nitro groups is 1. The number of amides is 1. The normalized spacial score (nSPS) is 13.0. The summed E-state index contributed by atoms with van der Waals surface area (Å²) in [4.78, 5) is 20.5. The first-order valence-corrected chi connectivity index (χ1v) is 4.92. The Hall–Kier alpha value is -2.48. The van der Waals surface area contributed by atoms with Crippen LogP contribution in [0.15, 0.2) is 27.7 Å². The number of hydrogen-bond acceptors (Lipinski definition) is 6. The van der Waals surface area contributed by atoms with Crippen LogP contribution in [0, 0.1) is 10.1 Å². The Morgan fingerprint density at radius 3 is 2.94 bits per heavy atom. The van der Waals surface area contributed by atoms with E-state index in [9.17, 15) is 14.9 Å². The molecule has 1 atom stereocenters. The Balaban J connectivity index is 2.47. The topological polar surface area (TPSA) is 118 Å². The summed E-state index contributed by atoms with van der Waals surface area (Å²) in [5, 5.41) is 22.6. The number of carbonyl (C=O) groups is 1. The van der Waals surface area contributed by atoms with E-state index in [1.54, 1.807) is 0 Å². The number of aliphatic hydroxyl groups is 1. The number of rotatable bonds is 5. The molecule has 1 aromatic heterocycles. The highest BCUT2D eigenvalue weighted by atomic mass is 16.6. The molecule has 0 aromatic carbocycles. The minimum absolute atomic E-state index is 0.287. The summed E-state index contributed by atoms with van der Waals surface area (Å²) in [6, 6.07) is 2.66. The second-order valence-electron chi connectivity index (χ2n) is 3.22. The maximum atomic E-state index is 10.9. The van der Waals surface area contributed by atoms with E-state index in [4.69, 9.17) is 9.52 Å². The fraction of sp³-hybridized carbons (Fsp3) is 0.200. The van der Waals surface area contributed by atoms with E-state index in [0.29, 0.717) is 0 Å². The number of allylic oxidation sites excluding steroid dienone is 1. The fourth-order valence-electron chi connectivity index (χ4n) is 0.905. The van der Waals surface area contributed by atoms with Crippen molar-refractivity contribution in [3.05, 3.63) is 34.1 Å². The minimum atomic E-state index is -1.14. The van der Waals surface area contributed by atoms with E-state index in [0.717, 1.165) is 0 Å². The predicted octanol–water partition coefficient (Wildman–Crippen LogP) is 0.684. The van der Waals surface area contributed by atoms with Gasteiger partial charge >= 0.3 is 5.88 Å². The molecule has 1 heterocycles. The molecule has 0 saturated carbocycles. The van der Waals surface area contributed by atoms with Crippen molar-refractivity contribution in [3.63, 3.8) is 0 Å². The zero-order valence-electron chi connectivity index (χ0n) is 9.44. The van der Waals surface area contributed by atoms with Crippen LogP contribution in [-0.4, -0.2) is 28.3 Å². The van der Waals surface area contributed by atoms with Crippen LogP contribution >= 0.6 is 0 Å². The number of aliphatic hydroxyl groups excluding tert-OH is 1. The standard InChI is InChI=1S/C10H11N3O5/c1-7(14)10(15)12-11-6-2-3-8-4-5-9(18-8)13(16)17/h2-7,14H,1H3,(H,12,15). The van der Waals surface area contributed by atoms with Gasteiger partial charge in [-0.2, -0.15) is 5.10 Å². The van der Waals surface area contributed by atoms with Gasteiger partial charge in [-0.1, -0.05) is 0 Å². The van der Waals surface area contributed by atoms with Crippen LogP contribution in [0.2, 0.25) is 0 Å². The summed E-state index contributed by atoms with van der Waals surface area (Å²) in [6.07, 6.45) is 2.96. The summed E-state index contributed by atoms with van der Waals surface area (Å²) < 4.78 is 4.84. The first kappa shape index (κ1) is 13.6. The first-order chi connectivity index (χ1) is 8.50. The molecule has 8 nitrogen and oxygen atoms in total. The van der Waals surface area contributed by atoms with E-state index in [1.165, 1.54) is 37.4 Å². The molecule has 1 aromatic rings. The Kier molecular flexibility index (Phi) is 4.76. The van der Waals surface area contributed by atoms with Crippen LogP contribution in [0.1, 0.15) is 12.7 Å². The molecule has 18 heavy (non-hydrogen) atoms. The van der Waals surface area contributed by atoms with Crippen LogP contribution in [-0.2, 0) is 4.79 Å². The van der Waals surface area contributed by atoms with Gasteiger partial charge in [-0.15, -0.1) is 0 Å². The van der Waals surface area contributed by atoms with Gasteiger partial charge in [-0.05, 0) is 25.1 Å². The largest absolute Gasteiger partial charge is 0.433 e. The van der Waals surface area contributed by atoms with Crippen molar-refractivity contribution >= 4 is 24.1 Å². The van der Waals surface area contributed by atoms with E-state index in [2.05, 4.69) is 10.5 Å². The summed E-state index contributed by atoms with van der Waals surface area (Å²) >= 11 is 0. The van der Waals surface area contributed by atoms with Gasteiger partial charge in [0.15, 0.2) is 0 Å². The van der Waals surface area contributed by atoms with Gasteiger partial charge in [0.1, 0.15) is 16.8 Å². The number of furan rings is 1. The number of carbonyl (C=O) groups excluding carboxylic acids is 1. The van der Waals surface area contributed by atoms with Gasteiger partial charge in [0, 0.05) is 6.21 Å². The van der Waals surface area contributed by atoms with Gasteiger partial charge in [0.2, 0.25) is 0 Å². The van der Waals surface area contributed by atoms with Crippen LogP contribution in [0.3, 0.4) is 0 Å². The van der Waals surface area contributed by atoms with Crippen LogP contribution in [0.5, 0.6) is 0 Å². The lowest BCUT2D eigenvalue weighted by atomic mass is 10.4. The van der Waals surface area contributed by atoms with Crippen molar-refractivity contribution < 1.29 is 19.2 Å². The van der Waals surface area contributed by atoms with Crippen molar-refractivity contribution in [3.8, 4) is 0 Å². The second kappa shape index (κ2) is 6.30. The third kappa shape index (κ3) is 4.18. The minimum Gasteiger partial charge on any atom is -0.401 e. The highest BCUT2D eigenvalue weighted by Crippen LogP contribution is 2.16. The van der Waals surface area contributed by atoms with Gasteiger partial charge in [-0.3, -0.25) is 14.9 Å². The number of hydrogen-bond donors (Lipinski definition) is 2. The molecule has 2 N–H and O–H groups in total. The predicted molar refractivity (Wildman–Crippen MR) is 62.7 cm³/mol. The SMILES string of the molecule is CC(O)C(=O)NN=CC=Cc1ccc([N+](=O)[O-])o1. The lowest BCUT2D eigenvalue weighted by molar-refractivity contribution is -0.402. The molecule has 8 heteroatoms. The molecule has 1 amide bonds. The molecule has 0 fully saturated rings. The molecule has 0 aliphatic heterocycles. The molecular weight excluding hydrogens is 242 g/mol. The molecule has 0 bridgehead atoms. The summed E-state index contributed by atoms with van der Waals surface area (Å²) in [5.41, 5.74) is 2.08. The molecule has 0 aliphatic carbocycles.